The number of hydrogen-bond acceptors (Lipinski definition) is 6. The van der Waals surface area contributed by atoms with Crippen molar-refractivity contribution in [3.8, 4) is 11.5 Å². The summed E-state index contributed by atoms with van der Waals surface area (Å²) < 4.78 is 43.6. The van der Waals surface area contributed by atoms with Crippen molar-refractivity contribution in [1.29, 1.82) is 0 Å². The van der Waals surface area contributed by atoms with Gasteiger partial charge in [-0.05, 0) is 31.0 Å². The van der Waals surface area contributed by atoms with Crippen LogP contribution in [-0.4, -0.2) is 24.8 Å². The van der Waals surface area contributed by atoms with Gasteiger partial charge in [0.2, 0.25) is 10.0 Å². The van der Waals surface area contributed by atoms with Crippen molar-refractivity contribution in [1.82, 2.24) is 10.1 Å². The molecule has 0 unspecified atom stereocenters. The van der Waals surface area contributed by atoms with Crippen LogP contribution in [0.25, 0.3) is 11.5 Å². The Balaban J connectivity index is 0.00000208. The summed E-state index contributed by atoms with van der Waals surface area (Å²) in [6.45, 7) is 0. The molecule has 3 N–H and O–H groups in total. The minimum atomic E-state index is -3.59. The summed E-state index contributed by atoms with van der Waals surface area (Å²) in [6.07, 6.45) is 4.55. The molecule has 3 rings (SSSR count). The Morgan fingerprint density at radius 2 is 2.00 bits per heavy atom. The fraction of sp³-hybridized carbons (Fsp3) is 0.429. The van der Waals surface area contributed by atoms with Gasteiger partial charge in [0, 0.05) is 5.56 Å². The molecular weight excluding hydrogens is 359 g/mol. The zero-order valence-electron chi connectivity index (χ0n) is 13.0. The van der Waals surface area contributed by atoms with E-state index in [1.807, 2.05) is 0 Å². The minimum Gasteiger partial charge on any atom is -0.334 e. The molecule has 1 heterocycles. The Labute approximate surface area is 145 Å². The third-order valence-corrected chi connectivity index (χ3v) is 4.47. The highest BCUT2D eigenvalue weighted by atomic mass is 35.5. The van der Waals surface area contributed by atoms with Gasteiger partial charge in [-0.2, -0.15) is 4.98 Å². The zero-order chi connectivity index (χ0) is 16.7. The van der Waals surface area contributed by atoms with E-state index < -0.39 is 21.4 Å². The Bertz CT molecular complexity index is 834. The second kappa shape index (κ2) is 6.66. The van der Waals surface area contributed by atoms with E-state index in [1.165, 1.54) is 12.1 Å². The number of nitrogens with one attached hydrogen (secondary N) is 1. The molecule has 2 aromatic rings. The summed E-state index contributed by atoms with van der Waals surface area (Å²) in [5.74, 6) is -0.0924. The van der Waals surface area contributed by atoms with E-state index in [2.05, 4.69) is 14.9 Å². The second-order valence-corrected chi connectivity index (χ2v) is 7.60. The molecule has 1 aromatic heterocycles. The molecule has 7 nitrogen and oxygen atoms in total. The maximum absolute atomic E-state index is 13.7. The molecule has 0 amide bonds. The van der Waals surface area contributed by atoms with Gasteiger partial charge < -0.3 is 10.3 Å². The first-order chi connectivity index (χ1) is 10.8. The first-order valence-electron chi connectivity index (χ1n) is 7.18. The molecule has 132 valence electrons. The number of sulfonamides is 1. The van der Waals surface area contributed by atoms with Crippen molar-refractivity contribution in [3.63, 3.8) is 0 Å². The third-order valence-electron chi connectivity index (χ3n) is 3.88. The van der Waals surface area contributed by atoms with E-state index in [9.17, 15) is 12.8 Å². The normalized spacial score (nSPS) is 16.6. The molecule has 0 atom stereocenters. The molecule has 1 fully saturated rings. The number of hydrogen-bond donors (Lipinski definition) is 2. The van der Waals surface area contributed by atoms with Crippen LogP contribution in [0, 0.1) is 5.82 Å². The lowest BCUT2D eigenvalue weighted by molar-refractivity contribution is 0.372. The van der Waals surface area contributed by atoms with Crippen LogP contribution in [0.4, 0.5) is 10.1 Å². The predicted molar refractivity (Wildman–Crippen MR) is 89.7 cm³/mol. The molecular formula is C14H18ClFN4O3S. The highest BCUT2D eigenvalue weighted by Crippen LogP contribution is 2.35. The van der Waals surface area contributed by atoms with Gasteiger partial charge in [-0.15, -0.1) is 12.4 Å². The lowest BCUT2D eigenvalue weighted by Crippen LogP contribution is -2.34. The van der Waals surface area contributed by atoms with Gasteiger partial charge in [-0.1, -0.05) is 18.0 Å². The predicted octanol–water partition coefficient (Wildman–Crippen LogP) is 2.40. The molecule has 1 aromatic carbocycles. The van der Waals surface area contributed by atoms with Crippen LogP contribution >= 0.6 is 12.4 Å². The number of nitrogens with two attached hydrogens (primary N) is 1. The van der Waals surface area contributed by atoms with Crippen molar-refractivity contribution in [2.24, 2.45) is 5.73 Å². The van der Waals surface area contributed by atoms with Crippen molar-refractivity contribution in [3.05, 3.63) is 29.8 Å². The summed E-state index contributed by atoms with van der Waals surface area (Å²) in [5, 5.41) is 3.93. The van der Waals surface area contributed by atoms with Gasteiger partial charge in [0.05, 0.1) is 17.5 Å². The van der Waals surface area contributed by atoms with Crippen molar-refractivity contribution in [2.45, 2.75) is 31.2 Å². The first-order valence-corrected chi connectivity index (χ1v) is 9.07. The Kier molecular flexibility index (Phi) is 5.17. The van der Waals surface area contributed by atoms with Crippen LogP contribution < -0.4 is 10.5 Å². The van der Waals surface area contributed by atoms with Gasteiger partial charge in [-0.3, -0.25) is 4.72 Å². The molecule has 24 heavy (non-hydrogen) atoms. The molecule has 0 saturated heterocycles. The maximum Gasteiger partial charge on any atom is 0.258 e. The van der Waals surface area contributed by atoms with E-state index in [1.54, 1.807) is 0 Å². The molecule has 0 radical (unpaired) electrons. The summed E-state index contributed by atoms with van der Waals surface area (Å²) in [5.41, 5.74) is 5.93. The van der Waals surface area contributed by atoms with Crippen LogP contribution in [0.3, 0.4) is 0 Å². The van der Waals surface area contributed by atoms with Crippen LogP contribution in [0.5, 0.6) is 0 Å². The standard InChI is InChI=1S/C14H17FN4O3S.ClH/c1-23(20,21)19-11-8-9(4-5-10(11)15)12-17-13(18-22-12)14(16)6-2-3-7-14;/h4-5,8,19H,2-3,6-7,16H2,1H3;1H. The first kappa shape index (κ1) is 18.6. The Hall–Kier alpha value is -1.71. The average molecular weight is 377 g/mol. The van der Waals surface area contributed by atoms with Gasteiger partial charge in [0.25, 0.3) is 5.89 Å². The topological polar surface area (TPSA) is 111 Å². The van der Waals surface area contributed by atoms with E-state index in [-0.39, 0.29) is 24.0 Å². The van der Waals surface area contributed by atoms with E-state index in [0.717, 1.165) is 38.0 Å². The highest BCUT2D eigenvalue weighted by molar-refractivity contribution is 7.92. The molecule has 1 saturated carbocycles. The fourth-order valence-electron chi connectivity index (χ4n) is 2.71. The van der Waals surface area contributed by atoms with Gasteiger partial charge in [0.1, 0.15) is 5.82 Å². The molecule has 0 bridgehead atoms. The van der Waals surface area contributed by atoms with E-state index in [0.29, 0.717) is 11.4 Å². The van der Waals surface area contributed by atoms with Crippen LogP contribution in [0.2, 0.25) is 0 Å². The monoisotopic (exact) mass is 376 g/mol. The van der Waals surface area contributed by atoms with Gasteiger partial charge in [0.15, 0.2) is 5.82 Å². The number of nitrogens with zero attached hydrogens (tertiary/aromatic N) is 2. The Morgan fingerprint density at radius 1 is 1.33 bits per heavy atom. The number of rotatable bonds is 4. The number of halogens is 2. The largest absolute Gasteiger partial charge is 0.334 e. The fourth-order valence-corrected chi connectivity index (χ4v) is 3.26. The van der Waals surface area contributed by atoms with Crippen molar-refractivity contribution >= 4 is 28.1 Å². The van der Waals surface area contributed by atoms with E-state index in [4.69, 9.17) is 10.3 Å². The number of anilines is 1. The van der Waals surface area contributed by atoms with Crippen molar-refractivity contribution < 1.29 is 17.3 Å². The quantitative estimate of drug-likeness (QED) is 0.847. The molecule has 1 aliphatic rings. The van der Waals surface area contributed by atoms with Gasteiger partial charge in [-0.25, -0.2) is 12.8 Å². The summed E-state index contributed by atoms with van der Waals surface area (Å²) in [4.78, 5) is 4.30. The summed E-state index contributed by atoms with van der Waals surface area (Å²) in [7, 11) is -3.59. The lowest BCUT2D eigenvalue weighted by Gasteiger charge is -2.17. The highest BCUT2D eigenvalue weighted by Gasteiger charge is 2.36. The third kappa shape index (κ3) is 3.85. The molecule has 1 aliphatic carbocycles. The van der Waals surface area contributed by atoms with Crippen LogP contribution in [0.1, 0.15) is 31.5 Å². The second-order valence-electron chi connectivity index (χ2n) is 5.86. The number of benzene rings is 1. The van der Waals surface area contributed by atoms with Gasteiger partial charge >= 0.3 is 0 Å². The minimum absolute atomic E-state index is 0. The molecule has 0 spiro atoms. The smallest absolute Gasteiger partial charge is 0.258 e. The molecule has 0 aliphatic heterocycles. The maximum atomic E-state index is 13.7. The SMILES string of the molecule is CS(=O)(=O)Nc1cc(-c2nc(C3(N)CCCC3)no2)ccc1F.Cl. The average Bonchev–Trinajstić information content (AvgIpc) is 3.09. The van der Waals surface area contributed by atoms with Crippen molar-refractivity contribution in [2.75, 3.05) is 11.0 Å². The molecule has 10 heteroatoms. The lowest BCUT2D eigenvalue weighted by atomic mass is 9.99. The van der Waals surface area contributed by atoms with Crippen LogP contribution in [0.15, 0.2) is 22.7 Å². The van der Waals surface area contributed by atoms with E-state index >= 15 is 0 Å². The summed E-state index contributed by atoms with van der Waals surface area (Å²) in [6, 6.07) is 3.89. The Morgan fingerprint density at radius 3 is 2.62 bits per heavy atom. The number of aromatic nitrogens is 2. The zero-order valence-corrected chi connectivity index (χ0v) is 14.6. The van der Waals surface area contributed by atoms with Crippen LogP contribution in [-0.2, 0) is 15.6 Å². The summed E-state index contributed by atoms with van der Waals surface area (Å²) >= 11 is 0.